The molecule has 4 rings (SSSR count). The second-order valence-corrected chi connectivity index (χ2v) is 6.35. The predicted molar refractivity (Wildman–Crippen MR) is 78.6 cm³/mol. The van der Waals surface area contributed by atoms with Crippen molar-refractivity contribution < 1.29 is 9.52 Å². The Morgan fingerprint density at radius 3 is 2.81 bits per heavy atom. The molecule has 4 heterocycles. The van der Waals surface area contributed by atoms with E-state index in [9.17, 15) is 5.11 Å². The van der Waals surface area contributed by atoms with E-state index in [4.69, 9.17) is 4.42 Å². The molecule has 0 radical (unpaired) electrons. The van der Waals surface area contributed by atoms with Gasteiger partial charge in [0.05, 0.1) is 4.88 Å². The quantitative estimate of drug-likeness (QED) is 0.805. The second kappa shape index (κ2) is 4.85. The lowest BCUT2D eigenvalue weighted by Gasteiger charge is -2.24. The largest absolute Gasteiger partial charge is 0.492 e. The van der Waals surface area contributed by atoms with Crippen LogP contribution >= 0.6 is 11.3 Å². The van der Waals surface area contributed by atoms with Gasteiger partial charge in [-0.15, -0.1) is 0 Å². The summed E-state index contributed by atoms with van der Waals surface area (Å²) < 4.78 is 7.33. The topological polar surface area (TPSA) is 66.8 Å². The van der Waals surface area contributed by atoms with Crippen molar-refractivity contribution in [2.75, 3.05) is 13.1 Å². The van der Waals surface area contributed by atoms with E-state index in [2.05, 4.69) is 15.0 Å². The molecule has 0 spiro atoms. The van der Waals surface area contributed by atoms with Crippen LogP contribution in [0.4, 0.5) is 0 Å². The first kappa shape index (κ1) is 12.8. The van der Waals surface area contributed by atoms with E-state index in [1.807, 2.05) is 19.1 Å². The van der Waals surface area contributed by atoms with Gasteiger partial charge in [0.15, 0.2) is 0 Å². The fraction of sp³-hybridized carbons (Fsp3) is 0.429. The van der Waals surface area contributed by atoms with Crippen LogP contribution in [-0.4, -0.2) is 37.7 Å². The maximum Gasteiger partial charge on any atom is 0.230 e. The molecule has 1 saturated heterocycles. The Morgan fingerprint density at radius 1 is 1.33 bits per heavy atom. The Bertz CT molecular complexity index is 769. The number of aryl methyl sites for hydroxylation is 1. The minimum atomic E-state index is -0.0605. The molecular formula is C14H16N4O2S. The van der Waals surface area contributed by atoms with E-state index in [0.29, 0.717) is 4.96 Å². The molecule has 0 amide bonds. The van der Waals surface area contributed by atoms with Crippen LogP contribution in [0.25, 0.3) is 4.96 Å². The predicted octanol–water partition coefficient (Wildman–Crippen LogP) is 2.58. The fourth-order valence-electron chi connectivity index (χ4n) is 2.95. The number of aromatic hydroxyl groups is 1. The molecule has 1 aliphatic rings. The fourth-order valence-corrected chi connectivity index (χ4v) is 4.02. The molecule has 1 fully saturated rings. The summed E-state index contributed by atoms with van der Waals surface area (Å²) in [6.45, 7) is 3.96. The first-order valence-corrected chi connectivity index (χ1v) is 7.87. The van der Waals surface area contributed by atoms with E-state index in [-0.39, 0.29) is 11.9 Å². The minimum absolute atomic E-state index is 0.0605. The van der Waals surface area contributed by atoms with Crippen molar-refractivity contribution in [2.45, 2.75) is 25.8 Å². The first-order valence-electron chi connectivity index (χ1n) is 7.06. The van der Waals surface area contributed by atoms with Gasteiger partial charge in [-0.3, -0.25) is 4.90 Å². The summed E-state index contributed by atoms with van der Waals surface area (Å²) in [5, 5.41) is 14.5. The number of likely N-dealkylation sites (tertiary alicyclic amines) is 1. The van der Waals surface area contributed by atoms with Gasteiger partial charge < -0.3 is 9.52 Å². The maximum atomic E-state index is 10.5. The molecule has 7 heteroatoms. The zero-order valence-corrected chi connectivity index (χ0v) is 12.5. The van der Waals surface area contributed by atoms with Gasteiger partial charge in [-0.05, 0) is 45.0 Å². The number of aromatic nitrogens is 3. The SMILES string of the molecule is Cc1ccc(C(c2sc3ncnn3c2O)N2CCCC2)o1. The number of nitrogens with zero attached hydrogens (tertiary/aromatic N) is 4. The van der Waals surface area contributed by atoms with Crippen molar-refractivity contribution >= 4 is 16.3 Å². The zero-order chi connectivity index (χ0) is 14.4. The van der Waals surface area contributed by atoms with E-state index in [1.54, 1.807) is 0 Å². The van der Waals surface area contributed by atoms with Crippen molar-refractivity contribution in [1.29, 1.82) is 0 Å². The number of hydrogen-bond donors (Lipinski definition) is 1. The lowest BCUT2D eigenvalue weighted by molar-refractivity contribution is 0.244. The van der Waals surface area contributed by atoms with E-state index >= 15 is 0 Å². The molecule has 110 valence electrons. The van der Waals surface area contributed by atoms with Gasteiger partial charge in [-0.25, -0.2) is 4.98 Å². The number of hydrogen-bond acceptors (Lipinski definition) is 6. The summed E-state index contributed by atoms with van der Waals surface area (Å²) in [5.41, 5.74) is 0. The van der Waals surface area contributed by atoms with Gasteiger partial charge in [0.1, 0.15) is 23.9 Å². The van der Waals surface area contributed by atoms with Crippen LogP contribution in [0, 0.1) is 6.92 Å². The molecule has 1 unspecified atom stereocenters. The Labute approximate surface area is 125 Å². The third-order valence-electron chi connectivity index (χ3n) is 3.92. The molecule has 1 aliphatic heterocycles. The average molecular weight is 304 g/mol. The average Bonchev–Trinajstić information content (AvgIpc) is 3.20. The van der Waals surface area contributed by atoms with Crippen molar-refractivity contribution in [2.24, 2.45) is 0 Å². The lowest BCUT2D eigenvalue weighted by atomic mass is 10.1. The highest BCUT2D eigenvalue weighted by Crippen LogP contribution is 2.41. The monoisotopic (exact) mass is 304 g/mol. The van der Waals surface area contributed by atoms with Gasteiger partial charge in [-0.2, -0.15) is 9.61 Å². The summed E-state index contributed by atoms with van der Waals surface area (Å²) >= 11 is 1.47. The third kappa shape index (κ3) is 2.04. The zero-order valence-electron chi connectivity index (χ0n) is 11.7. The molecule has 0 aromatic carbocycles. The van der Waals surface area contributed by atoms with Crippen molar-refractivity contribution in [3.63, 3.8) is 0 Å². The van der Waals surface area contributed by atoms with Gasteiger partial charge >= 0.3 is 0 Å². The molecule has 1 atom stereocenters. The van der Waals surface area contributed by atoms with Crippen LogP contribution in [0.1, 0.15) is 35.3 Å². The Morgan fingerprint density at radius 2 is 2.14 bits per heavy atom. The molecule has 1 N–H and O–H groups in total. The molecule has 0 aliphatic carbocycles. The summed E-state index contributed by atoms with van der Waals surface area (Å²) in [7, 11) is 0. The Kier molecular flexibility index (Phi) is 2.97. The normalized spacial score (nSPS) is 17.8. The Hall–Kier alpha value is -1.86. The molecule has 3 aromatic heterocycles. The number of fused-ring (bicyclic) bond motifs is 1. The summed E-state index contributed by atoms with van der Waals surface area (Å²) in [4.78, 5) is 8.07. The molecular weight excluding hydrogens is 288 g/mol. The van der Waals surface area contributed by atoms with Crippen molar-refractivity contribution in [3.05, 3.63) is 34.9 Å². The van der Waals surface area contributed by atoms with Crippen molar-refractivity contribution in [3.8, 4) is 5.88 Å². The van der Waals surface area contributed by atoms with Gasteiger partial charge in [0.25, 0.3) is 0 Å². The highest BCUT2D eigenvalue weighted by molar-refractivity contribution is 7.17. The van der Waals surface area contributed by atoms with Crippen LogP contribution in [-0.2, 0) is 0 Å². The van der Waals surface area contributed by atoms with E-state index < -0.39 is 0 Å². The molecule has 0 bridgehead atoms. The van der Waals surface area contributed by atoms with Gasteiger partial charge in [0.2, 0.25) is 10.8 Å². The highest BCUT2D eigenvalue weighted by Gasteiger charge is 2.32. The minimum Gasteiger partial charge on any atom is -0.492 e. The number of furan rings is 1. The number of rotatable bonds is 3. The molecule has 3 aromatic rings. The van der Waals surface area contributed by atoms with Crippen LogP contribution in [0.15, 0.2) is 22.9 Å². The van der Waals surface area contributed by atoms with Crippen LogP contribution in [0.5, 0.6) is 5.88 Å². The number of thiazole rings is 1. The van der Waals surface area contributed by atoms with Crippen LogP contribution in [0.3, 0.4) is 0 Å². The second-order valence-electron chi connectivity index (χ2n) is 5.34. The third-order valence-corrected chi connectivity index (χ3v) is 5.01. The maximum absolute atomic E-state index is 10.5. The standard InChI is InChI=1S/C14H16N4O2S/c1-9-4-5-10(20-9)11(17-6-2-3-7-17)12-13(19)18-14(21-12)15-8-16-18/h4-5,8,11,19H,2-3,6-7H2,1H3. The summed E-state index contributed by atoms with van der Waals surface area (Å²) in [6, 6.07) is 3.90. The summed E-state index contributed by atoms with van der Waals surface area (Å²) in [5.74, 6) is 1.92. The van der Waals surface area contributed by atoms with Crippen molar-refractivity contribution in [1.82, 2.24) is 19.5 Å². The lowest BCUT2D eigenvalue weighted by Crippen LogP contribution is -2.25. The van der Waals surface area contributed by atoms with Crippen LogP contribution in [0.2, 0.25) is 0 Å². The molecule has 0 saturated carbocycles. The summed E-state index contributed by atoms with van der Waals surface area (Å²) in [6.07, 6.45) is 3.81. The van der Waals surface area contributed by atoms with E-state index in [1.165, 1.54) is 35.0 Å². The van der Waals surface area contributed by atoms with Gasteiger partial charge in [0, 0.05) is 0 Å². The molecule has 21 heavy (non-hydrogen) atoms. The van der Waals surface area contributed by atoms with E-state index in [0.717, 1.165) is 29.5 Å². The smallest absolute Gasteiger partial charge is 0.230 e. The molecule has 6 nitrogen and oxygen atoms in total. The first-order chi connectivity index (χ1) is 10.2. The highest BCUT2D eigenvalue weighted by atomic mass is 32.1. The van der Waals surface area contributed by atoms with Crippen LogP contribution < -0.4 is 0 Å². The Balaban J connectivity index is 1.84. The van der Waals surface area contributed by atoms with Gasteiger partial charge in [-0.1, -0.05) is 11.3 Å².